The first kappa shape index (κ1) is 22.3. The van der Waals surface area contributed by atoms with Gasteiger partial charge in [-0.3, -0.25) is 20.4 Å². The summed E-state index contributed by atoms with van der Waals surface area (Å²) in [7, 11) is 0. The van der Waals surface area contributed by atoms with Gasteiger partial charge >= 0.3 is 0 Å². The number of benzene rings is 2. The van der Waals surface area contributed by atoms with Crippen molar-refractivity contribution in [1.82, 2.24) is 10.9 Å². The van der Waals surface area contributed by atoms with Gasteiger partial charge in [-0.2, -0.15) is 0 Å². The lowest BCUT2D eigenvalue weighted by atomic mass is 10.1. The number of rotatable bonds is 8. The Bertz CT molecular complexity index is 831. The number of hydrogen-bond donors (Lipinski definition) is 2. The summed E-state index contributed by atoms with van der Waals surface area (Å²) < 4.78 is 11.3. The van der Waals surface area contributed by atoms with E-state index in [1.807, 2.05) is 32.0 Å². The predicted octanol–water partition coefficient (Wildman–Crippen LogP) is 3.96. The number of hydrogen-bond acceptors (Lipinski definition) is 4. The van der Waals surface area contributed by atoms with Gasteiger partial charge in [0, 0.05) is 5.56 Å². The largest absolute Gasteiger partial charge is 0.494 e. The van der Waals surface area contributed by atoms with E-state index in [9.17, 15) is 9.59 Å². The summed E-state index contributed by atoms with van der Waals surface area (Å²) in [5, 5.41) is 0. The van der Waals surface area contributed by atoms with E-state index in [1.165, 1.54) is 0 Å². The Morgan fingerprint density at radius 2 is 1.55 bits per heavy atom. The summed E-state index contributed by atoms with van der Waals surface area (Å²) in [5.74, 6) is 1.04. The molecule has 2 aromatic carbocycles. The minimum absolute atomic E-state index is 0.412. The zero-order valence-electron chi connectivity index (χ0n) is 17.7. The van der Waals surface area contributed by atoms with Crippen LogP contribution in [0.5, 0.6) is 11.5 Å². The zero-order valence-corrected chi connectivity index (χ0v) is 17.7. The maximum absolute atomic E-state index is 12.2. The van der Waals surface area contributed by atoms with Crippen molar-refractivity contribution >= 4 is 11.8 Å². The third-order valence-electron chi connectivity index (χ3n) is 4.54. The van der Waals surface area contributed by atoms with Crippen LogP contribution < -0.4 is 20.3 Å². The fourth-order valence-electron chi connectivity index (χ4n) is 2.45. The van der Waals surface area contributed by atoms with Crippen molar-refractivity contribution in [3.05, 3.63) is 59.2 Å². The molecule has 2 amide bonds. The summed E-state index contributed by atoms with van der Waals surface area (Å²) >= 11 is 0. The van der Waals surface area contributed by atoms with Gasteiger partial charge in [-0.1, -0.05) is 19.9 Å². The summed E-state index contributed by atoms with van der Waals surface area (Å²) in [6.45, 7) is 10.5. The van der Waals surface area contributed by atoms with E-state index < -0.39 is 17.9 Å². The first-order valence-electron chi connectivity index (χ1n) is 9.83. The lowest BCUT2D eigenvalue weighted by Crippen LogP contribution is -2.47. The van der Waals surface area contributed by atoms with E-state index in [2.05, 4.69) is 24.7 Å². The van der Waals surface area contributed by atoms with Gasteiger partial charge < -0.3 is 9.47 Å². The fourth-order valence-corrected chi connectivity index (χ4v) is 2.45. The standard InChI is InChI=1S/C23H30N2O4/c1-15(2)12-13-28-20-10-7-19(8-11-20)23(27)25-24-22(26)18(5)29-21-9-6-16(3)17(4)14-21/h6-11,14-15,18H,12-13H2,1-5H3,(H,24,26)(H,25,27). The summed E-state index contributed by atoms with van der Waals surface area (Å²) in [5.41, 5.74) is 7.45. The molecule has 0 aromatic heterocycles. The highest BCUT2D eigenvalue weighted by molar-refractivity contribution is 5.95. The molecule has 0 spiro atoms. The van der Waals surface area contributed by atoms with Crippen molar-refractivity contribution in [2.45, 2.75) is 47.1 Å². The molecule has 2 aromatic rings. The lowest BCUT2D eigenvalue weighted by molar-refractivity contribution is -0.128. The molecular formula is C23H30N2O4. The van der Waals surface area contributed by atoms with Crippen molar-refractivity contribution < 1.29 is 19.1 Å². The van der Waals surface area contributed by atoms with Crippen molar-refractivity contribution in [2.75, 3.05) is 6.61 Å². The number of carbonyl (C=O) groups excluding carboxylic acids is 2. The van der Waals surface area contributed by atoms with Crippen molar-refractivity contribution in [1.29, 1.82) is 0 Å². The Morgan fingerprint density at radius 3 is 2.17 bits per heavy atom. The summed E-state index contributed by atoms with van der Waals surface area (Å²) in [6.07, 6.45) is 0.214. The molecule has 1 atom stereocenters. The summed E-state index contributed by atoms with van der Waals surface area (Å²) in [6, 6.07) is 12.4. The quantitative estimate of drug-likeness (QED) is 0.660. The Balaban J connectivity index is 1.81. The van der Waals surface area contributed by atoms with E-state index in [1.54, 1.807) is 31.2 Å². The molecule has 156 valence electrons. The van der Waals surface area contributed by atoms with Crippen LogP contribution in [-0.4, -0.2) is 24.5 Å². The van der Waals surface area contributed by atoms with E-state index in [4.69, 9.17) is 9.47 Å². The van der Waals surface area contributed by atoms with Gasteiger partial charge in [0.1, 0.15) is 11.5 Å². The molecule has 1 unspecified atom stereocenters. The zero-order chi connectivity index (χ0) is 21.4. The highest BCUT2D eigenvalue weighted by Gasteiger charge is 2.16. The molecule has 0 radical (unpaired) electrons. The van der Waals surface area contributed by atoms with Crippen LogP contribution in [0.2, 0.25) is 0 Å². The second kappa shape index (κ2) is 10.5. The Morgan fingerprint density at radius 1 is 0.897 bits per heavy atom. The smallest absolute Gasteiger partial charge is 0.279 e. The van der Waals surface area contributed by atoms with Crippen LogP contribution in [-0.2, 0) is 4.79 Å². The first-order valence-corrected chi connectivity index (χ1v) is 9.83. The van der Waals surface area contributed by atoms with E-state index in [0.29, 0.717) is 29.6 Å². The summed E-state index contributed by atoms with van der Waals surface area (Å²) in [4.78, 5) is 24.4. The number of hydrazine groups is 1. The molecule has 0 aliphatic carbocycles. The second-order valence-electron chi connectivity index (χ2n) is 7.50. The van der Waals surface area contributed by atoms with Gasteiger partial charge in [0.25, 0.3) is 11.8 Å². The van der Waals surface area contributed by atoms with Crippen LogP contribution in [0, 0.1) is 19.8 Å². The van der Waals surface area contributed by atoms with E-state index in [0.717, 1.165) is 17.5 Å². The average Bonchev–Trinajstić information content (AvgIpc) is 2.69. The van der Waals surface area contributed by atoms with E-state index >= 15 is 0 Å². The minimum Gasteiger partial charge on any atom is -0.494 e. The molecule has 6 heteroatoms. The Kier molecular flexibility index (Phi) is 8.07. The molecule has 0 heterocycles. The first-order chi connectivity index (χ1) is 13.8. The molecule has 6 nitrogen and oxygen atoms in total. The SMILES string of the molecule is Cc1ccc(OC(C)C(=O)NNC(=O)c2ccc(OCCC(C)C)cc2)cc1C. The molecular weight excluding hydrogens is 368 g/mol. The van der Waals surface area contributed by atoms with Crippen LogP contribution >= 0.6 is 0 Å². The highest BCUT2D eigenvalue weighted by atomic mass is 16.5. The number of nitrogens with one attached hydrogen (secondary N) is 2. The predicted molar refractivity (Wildman–Crippen MR) is 113 cm³/mol. The highest BCUT2D eigenvalue weighted by Crippen LogP contribution is 2.18. The van der Waals surface area contributed by atoms with Gasteiger partial charge in [-0.15, -0.1) is 0 Å². The number of amides is 2. The van der Waals surface area contributed by atoms with Crippen LogP contribution in [0.4, 0.5) is 0 Å². The molecule has 2 rings (SSSR count). The van der Waals surface area contributed by atoms with Gasteiger partial charge in [-0.25, -0.2) is 0 Å². The monoisotopic (exact) mass is 398 g/mol. The van der Waals surface area contributed by atoms with Crippen molar-refractivity contribution in [3.8, 4) is 11.5 Å². The third kappa shape index (κ3) is 7.14. The van der Waals surface area contributed by atoms with E-state index in [-0.39, 0.29) is 0 Å². The molecule has 0 bridgehead atoms. The second-order valence-corrected chi connectivity index (χ2v) is 7.50. The van der Waals surface area contributed by atoms with Crippen LogP contribution in [0.15, 0.2) is 42.5 Å². The molecule has 0 aliphatic rings. The lowest BCUT2D eigenvalue weighted by Gasteiger charge is -2.16. The van der Waals surface area contributed by atoms with Gasteiger partial charge in [0.2, 0.25) is 0 Å². The Hall–Kier alpha value is -3.02. The molecule has 0 aliphatic heterocycles. The molecule has 0 saturated heterocycles. The average molecular weight is 399 g/mol. The van der Waals surface area contributed by atoms with Crippen molar-refractivity contribution in [2.24, 2.45) is 5.92 Å². The number of aryl methyl sites for hydroxylation is 2. The van der Waals surface area contributed by atoms with Gasteiger partial charge in [0.15, 0.2) is 6.10 Å². The Labute approximate surface area is 172 Å². The number of carbonyl (C=O) groups is 2. The molecule has 2 N–H and O–H groups in total. The minimum atomic E-state index is -0.755. The third-order valence-corrected chi connectivity index (χ3v) is 4.54. The fraction of sp³-hybridized carbons (Fsp3) is 0.391. The van der Waals surface area contributed by atoms with Crippen LogP contribution in [0.1, 0.15) is 48.7 Å². The van der Waals surface area contributed by atoms with Gasteiger partial charge in [0.05, 0.1) is 6.61 Å². The van der Waals surface area contributed by atoms with Crippen LogP contribution in [0.3, 0.4) is 0 Å². The topological polar surface area (TPSA) is 76.7 Å². The van der Waals surface area contributed by atoms with Crippen LogP contribution in [0.25, 0.3) is 0 Å². The maximum atomic E-state index is 12.2. The molecule has 0 saturated carbocycles. The number of ether oxygens (including phenoxy) is 2. The van der Waals surface area contributed by atoms with Gasteiger partial charge in [-0.05, 0) is 80.6 Å². The maximum Gasteiger partial charge on any atom is 0.279 e. The normalized spacial score (nSPS) is 11.7. The molecule has 29 heavy (non-hydrogen) atoms. The van der Waals surface area contributed by atoms with Crippen molar-refractivity contribution in [3.63, 3.8) is 0 Å². The molecule has 0 fully saturated rings.